The van der Waals surface area contributed by atoms with Gasteiger partial charge in [0.2, 0.25) is 0 Å². The molecule has 0 fully saturated rings. The summed E-state index contributed by atoms with van der Waals surface area (Å²) < 4.78 is 26.1. The molecule has 5 heteroatoms. The van der Waals surface area contributed by atoms with Gasteiger partial charge < -0.3 is 5.11 Å². The molecule has 1 atom stereocenters. The standard InChI is InChI=1S/C14H10Cl2F2O/c15-11-3-2-10(17)5-9(11)7-14(19)8-1-4-13(18)12(16)6-8/h1-6,14,19H,7H2. The molecule has 1 unspecified atom stereocenters. The SMILES string of the molecule is OC(Cc1cc(F)ccc1Cl)c1ccc(F)c(Cl)c1. The number of hydrogen-bond acceptors (Lipinski definition) is 1. The zero-order valence-corrected chi connectivity index (χ0v) is 11.2. The Morgan fingerprint density at radius 1 is 1.00 bits per heavy atom. The quantitative estimate of drug-likeness (QED) is 0.882. The molecule has 0 bridgehead atoms. The van der Waals surface area contributed by atoms with Crippen LogP contribution in [0.15, 0.2) is 36.4 Å². The van der Waals surface area contributed by atoms with Crippen LogP contribution in [-0.2, 0) is 6.42 Å². The smallest absolute Gasteiger partial charge is 0.141 e. The summed E-state index contributed by atoms with van der Waals surface area (Å²) in [5, 5.41) is 10.3. The van der Waals surface area contributed by atoms with E-state index in [2.05, 4.69) is 0 Å². The van der Waals surface area contributed by atoms with Crippen LogP contribution in [0.3, 0.4) is 0 Å². The third-order valence-electron chi connectivity index (χ3n) is 2.75. The number of halogens is 4. The third-order valence-corrected chi connectivity index (χ3v) is 3.41. The Morgan fingerprint density at radius 3 is 2.42 bits per heavy atom. The van der Waals surface area contributed by atoms with E-state index in [-0.39, 0.29) is 11.4 Å². The van der Waals surface area contributed by atoms with Crippen molar-refractivity contribution >= 4 is 23.2 Å². The molecule has 0 radical (unpaired) electrons. The Labute approximate surface area is 119 Å². The maximum absolute atomic E-state index is 13.1. The fourth-order valence-electron chi connectivity index (χ4n) is 1.75. The molecule has 1 N–H and O–H groups in total. The van der Waals surface area contributed by atoms with E-state index in [0.717, 1.165) is 0 Å². The molecule has 2 rings (SSSR count). The van der Waals surface area contributed by atoms with E-state index in [0.29, 0.717) is 16.1 Å². The predicted molar refractivity (Wildman–Crippen MR) is 71.5 cm³/mol. The van der Waals surface area contributed by atoms with E-state index in [4.69, 9.17) is 23.2 Å². The third kappa shape index (κ3) is 3.44. The van der Waals surface area contributed by atoms with Crippen LogP contribution in [0.4, 0.5) is 8.78 Å². The van der Waals surface area contributed by atoms with Crippen LogP contribution in [0.25, 0.3) is 0 Å². The Morgan fingerprint density at radius 2 is 1.74 bits per heavy atom. The average molecular weight is 303 g/mol. The predicted octanol–water partition coefficient (Wildman–Crippen LogP) is 4.55. The van der Waals surface area contributed by atoms with E-state index in [1.54, 1.807) is 0 Å². The van der Waals surface area contributed by atoms with Crippen molar-refractivity contribution in [1.82, 2.24) is 0 Å². The molecule has 0 amide bonds. The Kier molecular flexibility index (Phi) is 4.40. The number of benzene rings is 2. The molecule has 0 aliphatic heterocycles. The highest BCUT2D eigenvalue weighted by molar-refractivity contribution is 6.31. The number of aliphatic hydroxyl groups is 1. The summed E-state index contributed by atoms with van der Waals surface area (Å²) in [6, 6.07) is 7.88. The molecule has 100 valence electrons. The molecular formula is C14H10Cl2F2O. The van der Waals surface area contributed by atoms with Gasteiger partial charge in [0.25, 0.3) is 0 Å². The van der Waals surface area contributed by atoms with Gasteiger partial charge in [0.1, 0.15) is 11.6 Å². The van der Waals surface area contributed by atoms with Gasteiger partial charge >= 0.3 is 0 Å². The fourth-order valence-corrected chi connectivity index (χ4v) is 2.13. The maximum atomic E-state index is 13.1. The van der Waals surface area contributed by atoms with Gasteiger partial charge in [0, 0.05) is 11.4 Å². The summed E-state index contributed by atoms with van der Waals surface area (Å²) >= 11 is 11.6. The van der Waals surface area contributed by atoms with Crippen LogP contribution < -0.4 is 0 Å². The van der Waals surface area contributed by atoms with Crippen molar-refractivity contribution in [3.05, 3.63) is 69.2 Å². The van der Waals surface area contributed by atoms with E-state index in [1.165, 1.54) is 36.4 Å². The second-order valence-electron chi connectivity index (χ2n) is 4.13. The second kappa shape index (κ2) is 5.87. The molecule has 0 saturated heterocycles. The summed E-state index contributed by atoms with van der Waals surface area (Å²) in [6.45, 7) is 0. The highest BCUT2D eigenvalue weighted by Gasteiger charge is 2.13. The maximum Gasteiger partial charge on any atom is 0.141 e. The van der Waals surface area contributed by atoms with Crippen molar-refractivity contribution < 1.29 is 13.9 Å². The zero-order chi connectivity index (χ0) is 14.0. The summed E-state index contributed by atoms with van der Waals surface area (Å²) in [5.41, 5.74) is 0.932. The lowest BCUT2D eigenvalue weighted by atomic mass is 10.0. The molecule has 19 heavy (non-hydrogen) atoms. The first-order valence-corrected chi connectivity index (χ1v) is 6.30. The van der Waals surface area contributed by atoms with Gasteiger partial charge in [-0.1, -0.05) is 29.3 Å². The van der Waals surface area contributed by atoms with Gasteiger partial charge in [0.05, 0.1) is 11.1 Å². The zero-order valence-electron chi connectivity index (χ0n) is 9.71. The number of hydrogen-bond donors (Lipinski definition) is 1. The van der Waals surface area contributed by atoms with Crippen LogP contribution in [0, 0.1) is 11.6 Å². The van der Waals surface area contributed by atoms with Gasteiger partial charge in [-0.3, -0.25) is 0 Å². The van der Waals surface area contributed by atoms with Gasteiger partial charge in [-0.2, -0.15) is 0 Å². The number of aliphatic hydroxyl groups excluding tert-OH is 1. The molecule has 0 aliphatic carbocycles. The minimum atomic E-state index is -0.933. The highest BCUT2D eigenvalue weighted by atomic mass is 35.5. The first-order valence-electron chi connectivity index (χ1n) is 5.54. The topological polar surface area (TPSA) is 20.2 Å². The molecule has 0 saturated carbocycles. The van der Waals surface area contributed by atoms with Gasteiger partial charge in [-0.25, -0.2) is 8.78 Å². The Hall–Kier alpha value is -1.16. The lowest BCUT2D eigenvalue weighted by molar-refractivity contribution is 0.178. The second-order valence-corrected chi connectivity index (χ2v) is 4.94. The average Bonchev–Trinajstić information content (AvgIpc) is 2.37. The van der Waals surface area contributed by atoms with Crippen LogP contribution >= 0.6 is 23.2 Å². The van der Waals surface area contributed by atoms with E-state index < -0.39 is 17.7 Å². The molecule has 0 aliphatic rings. The first-order chi connectivity index (χ1) is 8.97. The Bertz CT molecular complexity index is 602. The molecule has 0 aromatic heterocycles. The largest absolute Gasteiger partial charge is 0.388 e. The van der Waals surface area contributed by atoms with Gasteiger partial charge in [-0.15, -0.1) is 0 Å². The lowest BCUT2D eigenvalue weighted by Gasteiger charge is -2.13. The number of rotatable bonds is 3. The van der Waals surface area contributed by atoms with Gasteiger partial charge in [0.15, 0.2) is 0 Å². The van der Waals surface area contributed by atoms with Gasteiger partial charge in [-0.05, 0) is 41.5 Å². The highest BCUT2D eigenvalue weighted by Crippen LogP contribution is 2.26. The molecule has 2 aromatic rings. The molecular weight excluding hydrogens is 293 g/mol. The molecule has 0 heterocycles. The van der Waals surface area contributed by atoms with Crippen LogP contribution in [-0.4, -0.2) is 5.11 Å². The first kappa shape index (κ1) is 14.3. The lowest BCUT2D eigenvalue weighted by Crippen LogP contribution is -2.03. The summed E-state index contributed by atoms with van der Waals surface area (Å²) in [5.74, 6) is -0.981. The summed E-state index contributed by atoms with van der Waals surface area (Å²) in [6.07, 6.45) is -0.809. The normalized spacial score (nSPS) is 12.5. The van der Waals surface area contributed by atoms with Crippen molar-refractivity contribution in [3.8, 4) is 0 Å². The van der Waals surface area contributed by atoms with Crippen molar-refractivity contribution in [2.45, 2.75) is 12.5 Å². The molecule has 2 aromatic carbocycles. The van der Waals surface area contributed by atoms with E-state index >= 15 is 0 Å². The van der Waals surface area contributed by atoms with Crippen molar-refractivity contribution in [3.63, 3.8) is 0 Å². The summed E-state index contributed by atoms with van der Waals surface area (Å²) in [7, 11) is 0. The van der Waals surface area contributed by atoms with Crippen LogP contribution in [0.1, 0.15) is 17.2 Å². The van der Waals surface area contributed by atoms with E-state index in [1.807, 2.05) is 0 Å². The van der Waals surface area contributed by atoms with Crippen molar-refractivity contribution in [2.75, 3.05) is 0 Å². The Balaban J connectivity index is 2.22. The summed E-state index contributed by atoms with van der Waals surface area (Å²) in [4.78, 5) is 0. The molecule has 1 nitrogen and oxygen atoms in total. The van der Waals surface area contributed by atoms with Crippen LogP contribution in [0.2, 0.25) is 10.0 Å². The minimum absolute atomic E-state index is 0.0677. The fraction of sp³-hybridized carbons (Fsp3) is 0.143. The monoisotopic (exact) mass is 302 g/mol. The van der Waals surface area contributed by atoms with Crippen molar-refractivity contribution in [2.24, 2.45) is 0 Å². The molecule has 0 spiro atoms. The van der Waals surface area contributed by atoms with E-state index in [9.17, 15) is 13.9 Å². The van der Waals surface area contributed by atoms with Crippen LogP contribution in [0.5, 0.6) is 0 Å². The van der Waals surface area contributed by atoms with Crippen molar-refractivity contribution in [1.29, 1.82) is 0 Å². The minimum Gasteiger partial charge on any atom is -0.388 e.